The summed E-state index contributed by atoms with van der Waals surface area (Å²) in [4.78, 5) is 25.0. The Morgan fingerprint density at radius 2 is 0.828 bits per heavy atom. The van der Waals surface area contributed by atoms with Crippen molar-refractivity contribution >= 4 is 11.9 Å². The molecule has 6 N–H and O–H groups in total. The average molecular weight is 1220 g/mol. The molecule has 1 rings (SSSR count). The number of unbranched alkanes of at least 4 members (excludes halogenated alkanes) is 41. The van der Waals surface area contributed by atoms with Crippen LogP contribution in [-0.4, -0.2) is 100 Å². The molecule has 1 aliphatic rings. The van der Waals surface area contributed by atoms with E-state index in [2.05, 4.69) is 66.9 Å². The zero-order chi connectivity index (χ0) is 63.0. The number of hydrogen-bond acceptors (Lipinski definition) is 10. The first-order chi connectivity index (χ1) is 42.7. The summed E-state index contributed by atoms with van der Waals surface area (Å²) in [6.45, 7) is 4.07. The van der Waals surface area contributed by atoms with Crippen LogP contribution in [-0.2, 0) is 23.8 Å². The third kappa shape index (κ3) is 53.5. The summed E-state index contributed by atoms with van der Waals surface area (Å²) in [7, 11) is 0. The average Bonchev–Trinajstić information content (AvgIpc) is 2.97. The van der Waals surface area contributed by atoms with Gasteiger partial charge in [-0.05, 0) is 103 Å². The lowest BCUT2D eigenvalue weighted by molar-refractivity contribution is -0.302. The number of rotatable bonds is 64. The van der Waals surface area contributed by atoms with Crippen molar-refractivity contribution in [2.45, 2.75) is 378 Å². The van der Waals surface area contributed by atoms with E-state index in [0.717, 1.165) is 70.6 Å². The van der Waals surface area contributed by atoms with Gasteiger partial charge in [0.1, 0.15) is 24.4 Å². The van der Waals surface area contributed by atoms with Gasteiger partial charge in [-0.15, -0.1) is 0 Å². The Balaban J connectivity index is 1.89. The van der Waals surface area contributed by atoms with E-state index in [0.29, 0.717) is 19.4 Å². The third-order valence-electron chi connectivity index (χ3n) is 17.1. The molecule has 0 aromatic rings. The Bertz CT molecular complexity index is 1680. The van der Waals surface area contributed by atoms with Crippen LogP contribution in [0.5, 0.6) is 0 Å². The maximum absolute atomic E-state index is 13.0. The zero-order valence-corrected chi connectivity index (χ0v) is 56.2. The molecule has 0 aliphatic carbocycles. The van der Waals surface area contributed by atoms with Crippen molar-refractivity contribution in [3.8, 4) is 0 Å². The molecule has 1 saturated heterocycles. The summed E-state index contributed by atoms with van der Waals surface area (Å²) in [6.07, 6.45) is 78.2. The number of ether oxygens (including phenoxy) is 3. The summed E-state index contributed by atoms with van der Waals surface area (Å²) in [5.74, 6) is -0.193. The van der Waals surface area contributed by atoms with E-state index in [9.17, 15) is 35.1 Å². The summed E-state index contributed by atoms with van der Waals surface area (Å²) in [6, 6.07) is -0.832. The zero-order valence-electron chi connectivity index (χ0n) is 56.2. The van der Waals surface area contributed by atoms with Gasteiger partial charge in [0.05, 0.1) is 32.0 Å². The second kappa shape index (κ2) is 64.6. The Kier molecular flexibility index (Phi) is 61.0. The molecule has 0 saturated carbocycles. The first-order valence-electron chi connectivity index (χ1n) is 36.7. The van der Waals surface area contributed by atoms with Crippen LogP contribution in [0.3, 0.4) is 0 Å². The van der Waals surface area contributed by atoms with Crippen LogP contribution in [0.15, 0.2) is 72.9 Å². The second-order valence-corrected chi connectivity index (χ2v) is 25.3. The lowest BCUT2D eigenvalue weighted by atomic mass is 9.99. The molecule has 0 bridgehead atoms. The number of aliphatic hydroxyl groups excluding tert-OH is 5. The maximum Gasteiger partial charge on any atom is 0.305 e. The number of hydrogen-bond donors (Lipinski definition) is 6. The molecule has 87 heavy (non-hydrogen) atoms. The number of allylic oxidation sites excluding steroid dienone is 11. The Morgan fingerprint density at radius 3 is 1.28 bits per heavy atom. The monoisotopic (exact) mass is 1220 g/mol. The lowest BCUT2D eigenvalue weighted by Crippen LogP contribution is -2.60. The van der Waals surface area contributed by atoms with Crippen LogP contribution >= 0.6 is 0 Å². The molecule has 506 valence electrons. The molecule has 11 nitrogen and oxygen atoms in total. The van der Waals surface area contributed by atoms with Gasteiger partial charge in [0.15, 0.2) is 6.29 Å². The largest absolute Gasteiger partial charge is 0.466 e. The minimum atomic E-state index is -1.58. The van der Waals surface area contributed by atoms with Gasteiger partial charge in [0, 0.05) is 12.8 Å². The van der Waals surface area contributed by atoms with E-state index in [-0.39, 0.29) is 18.5 Å². The van der Waals surface area contributed by atoms with Crippen LogP contribution in [0.4, 0.5) is 0 Å². The fraction of sp³-hybridized carbons (Fsp3) is 0.816. The van der Waals surface area contributed by atoms with E-state index in [1.54, 1.807) is 6.08 Å². The normalized spacial score (nSPS) is 18.3. The molecular weight excluding hydrogens is 1090 g/mol. The lowest BCUT2D eigenvalue weighted by Gasteiger charge is -2.40. The van der Waals surface area contributed by atoms with Gasteiger partial charge in [-0.25, -0.2) is 0 Å². The molecule has 0 spiro atoms. The van der Waals surface area contributed by atoms with E-state index in [4.69, 9.17) is 14.2 Å². The van der Waals surface area contributed by atoms with Crippen molar-refractivity contribution in [2.75, 3.05) is 19.8 Å². The molecule has 1 amide bonds. The Labute approximate surface area is 534 Å². The SMILES string of the molecule is C/C=C/CC/C=C/CC/C=C/C(O)C(COC1OC(CO)C(O)C(O)C1O)NC(=O)CCCCCCCCCCCCCCCCCCC/C=C\C/C=C\CCCCCCCCCCCCCCCCCOC(=O)CCCCCCC/C=C\CCCC. The van der Waals surface area contributed by atoms with Crippen molar-refractivity contribution in [1.29, 1.82) is 0 Å². The van der Waals surface area contributed by atoms with Crippen LogP contribution in [0, 0.1) is 0 Å². The molecule has 0 aromatic carbocycles. The molecule has 0 radical (unpaired) electrons. The molecule has 7 unspecified atom stereocenters. The van der Waals surface area contributed by atoms with Crippen LogP contribution < -0.4 is 5.32 Å². The smallest absolute Gasteiger partial charge is 0.305 e. The van der Waals surface area contributed by atoms with Crippen molar-refractivity contribution in [3.63, 3.8) is 0 Å². The summed E-state index contributed by atoms with van der Waals surface area (Å²) in [5.41, 5.74) is 0. The highest BCUT2D eigenvalue weighted by atomic mass is 16.7. The number of amides is 1. The topological polar surface area (TPSA) is 175 Å². The molecular formula is C76H137NO10. The van der Waals surface area contributed by atoms with Gasteiger partial charge >= 0.3 is 5.97 Å². The van der Waals surface area contributed by atoms with Gasteiger partial charge in [-0.2, -0.15) is 0 Å². The number of aliphatic hydroxyl groups is 5. The van der Waals surface area contributed by atoms with Gasteiger partial charge in [-0.1, -0.05) is 292 Å². The highest BCUT2D eigenvalue weighted by Crippen LogP contribution is 2.23. The minimum absolute atomic E-state index is 0.00277. The highest BCUT2D eigenvalue weighted by Gasteiger charge is 2.44. The van der Waals surface area contributed by atoms with Gasteiger partial charge in [-0.3, -0.25) is 9.59 Å². The standard InChI is InChI=1S/C76H137NO10/c1-3-5-7-9-11-13-43-48-52-56-60-64-72(81)85-65-61-57-53-49-45-42-40-38-36-34-32-30-28-26-24-22-20-18-16-14-15-17-19-21-23-25-27-29-31-33-35-37-39-41-44-47-51-55-59-63-71(80)77-68(69(79)62-58-54-50-46-12-10-8-6-4-2)67-86-76-75(84)74(83)73(82)70(66-78)87-76/h4,6,9,11-12,14-15,18,20,46,58,62,68-70,73-76,78-79,82-84H,3,5,7-8,10,13,16-17,19,21-45,47-57,59-61,63-67H2,1-2H3,(H,77,80)/b6-4+,11-9-,15-14-,20-18-,46-12+,62-58+. The van der Waals surface area contributed by atoms with Crippen molar-refractivity contribution in [3.05, 3.63) is 72.9 Å². The van der Waals surface area contributed by atoms with Crippen LogP contribution in [0.25, 0.3) is 0 Å². The summed E-state index contributed by atoms with van der Waals surface area (Å²) in [5, 5.41) is 54.2. The summed E-state index contributed by atoms with van der Waals surface area (Å²) < 4.78 is 16.7. The predicted octanol–water partition coefficient (Wildman–Crippen LogP) is 19.1. The van der Waals surface area contributed by atoms with Gasteiger partial charge in [0.25, 0.3) is 0 Å². The first kappa shape index (κ1) is 82.1. The molecule has 1 heterocycles. The molecule has 0 aromatic heterocycles. The van der Waals surface area contributed by atoms with Crippen LogP contribution in [0.1, 0.15) is 335 Å². The quantitative estimate of drug-likeness (QED) is 0.0195. The third-order valence-corrected chi connectivity index (χ3v) is 17.1. The van der Waals surface area contributed by atoms with E-state index < -0.39 is 49.5 Å². The minimum Gasteiger partial charge on any atom is -0.466 e. The van der Waals surface area contributed by atoms with Crippen LogP contribution in [0.2, 0.25) is 0 Å². The molecule has 1 aliphatic heterocycles. The van der Waals surface area contributed by atoms with Gasteiger partial charge < -0.3 is 45.1 Å². The fourth-order valence-corrected chi connectivity index (χ4v) is 11.3. The highest BCUT2D eigenvalue weighted by molar-refractivity contribution is 5.76. The number of esters is 1. The van der Waals surface area contributed by atoms with E-state index in [1.165, 1.54) is 238 Å². The Hall–Kier alpha value is -2.90. The molecule has 7 atom stereocenters. The van der Waals surface area contributed by atoms with Crippen molar-refractivity contribution in [2.24, 2.45) is 0 Å². The van der Waals surface area contributed by atoms with E-state index >= 15 is 0 Å². The number of nitrogens with one attached hydrogen (secondary N) is 1. The van der Waals surface area contributed by atoms with E-state index in [1.807, 2.05) is 19.1 Å². The predicted molar refractivity (Wildman–Crippen MR) is 366 cm³/mol. The molecule has 1 fully saturated rings. The second-order valence-electron chi connectivity index (χ2n) is 25.3. The Morgan fingerprint density at radius 1 is 0.448 bits per heavy atom. The molecule has 11 heteroatoms. The maximum atomic E-state index is 13.0. The summed E-state index contributed by atoms with van der Waals surface area (Å²) >= 11 is 0. The fourth-order valence-electron chi connectivity index (χ4n) is 11.3. The first-order valence-corrected chi connectivity index (χ1v) is 36.7. The van der Waals surface area contributed by atoms with Gasteiger partial charge in [0.2, 0.25) is 5.91 Å². The van der Waals surface area contributed by atoms with Crippen molar-refractivity contribution < 1.29 is 49.3 Å². The number of carbonyl (C=O) groups is 2. The van der Waals surface area contributed by atoms with Crippen molar-refractivity contribution in [1.82, 2.24) is 5.32 Å². The number of carbonyl (C=O) groups excluding carboxylic acids is 2.